The van der Waals surface area contributed by atoms with Crippen LogP contribution >= 0.6 is 23.2 Å². The molecule has 2 aromatic rings. The Kier molecular flexibility index (Phi) is 3.02. The lowest BCUT2D eigenvalue weighted by Gasteiger charge is -2.23. The van der Waals surface area contributed by atoms with Crippen molar-refractivity contribution < 1.29 is 9.13 Å². The van der Waals surface area contributed by atoms with Crippen LogP contribution in [-0.4, -0.2) is 39.5 Å². The van der Waals surface area contributed by atoms with Gasteiger partial charge in [-0.3, -0.25) is 0 Å². The molecular weight excluding hydrogens is 334 g/mol. The van der Waals surface area contributed by atoms with Gasteiger partial charge >= 0.3 is 5.69 Å². The number of fused-ring (bicyclic) bond motifs is 2. The highest BCUT2D eigenvalue weighted by molar-refractivity contribution is 6.30. The quantitative estimate of drug-likeness (QED) is 0.632. The molecule has 1 aliphatic carbocycles. The number of nitrogens with one attached hydrogen (secondary N) is 1. The fourth-order valence-corrected chi connectivity index (χ4v) is 3.19. The number of ether oxygens (including phenoxy) is 1. The maximum absolute atomic E-state index is 14.1. The first-order valence-corrected chi connectivity index (χ1v) is 7.35. The number of pyridine rings is 1. The summed E-state index contributed by atoms with van der Waals surface area (Å²) in [5, 5.41) is -0.137. The van der Waals surface area contributed by atoms with Gasteiger partial charge in [0.15, 0.2) is 11.0 Å². The Labute approximate surface area is 133 Å². The van der Waals surface area contributed by atoms with Gasteiger partial charge < -0.3 is 14.6 Å². The minimum atomic E-state index is -0.778. The van der Waals surface area contributed by atoms with Gasteiger partial charge in [-0.05, 0) is 0 Å². The lowest BCUT2D eigenvalue weighted by molar-refractivity contribution is 0.259. The standard InChI is InChI=1S/C13H9Cl2FN4O2/c14-7-6-4-22-2-1-20(10(6)7)12-5-3-17-11(15)8(16)9(5)18-13(21)19-12/h3-4,7,10H,1-2H2,(H,18,19,21)/t7?,10-/m0/s1. The molecule has 0 amide bonds. The molecule has 6 nitrogen and oxygen atoms in total. The summed E-state index contributed by atoms with van der Waals surface area (Å²) >= 11 is 11.9. The Morgan fingerprint density at radius 1 is 1.50 bits per heavy atom. The van der Waals surface area contributed by atoms with E-state index >= 15 is 0 Å². The largest absolute Gasteiger partial charge is 0.499 e. The van der Waals surface area contributed by atoms with Gasteiger partial charge in [0, 0.05) is 11.8 Å². The number of hydrogen-bond acceptors (Lipinski definition) is 5. The highest BCUT2D eigenvalue weighted by atomic mass is 35.5. The molecule has 1 N–H and O–H groups in total. The van der Waals surface area contributed by atoms with Gasteiger partial charge in [0.25, 0.3) is 0 Å². The van der Waals surface area contributed by atoms with E-state index in [4.69, 9.17) is 27.9 Å². The monoisotopic (exact) mass is 342 g/mol. The van der Waals surface area contributed by atoms with Crippen LogP contribution in [0.25, 0.3) is 10.9 Å². The van der Waals surface area contributed by atoms with E-state index in [0.717, 1.165) is 5.57 Å². The van der Waals surface area contributed by atoms with Gasteiger partial charge in [-0.2, -0.15) is 4.98 Å². The van der Waals surface area contributed by atoms with Crippen molar-refractivity contribution in [1.29, 1.82) is 0 Å². The number of nitrogens with zero attached hydrogens (tertiary/aromatic N) is 3. The second kappa shape index (κ2) is 4.82. The van der Waals surface area contributed by atoms with Crippen LogP contribution in [0.2, 0.25) is 5.15 Å². The molecule has 2 aliphatic rings. The minimum Gasteiger partial charge on any atom is -0.499 e. The van der Waals surface area contributed by atoms with Gasteiger partial charge in [0.1, 0.15) is 12.4 Å². The van der Waals surface area contributed by atoms with E-state index in [0.29, 0.717) is 24.4 Å². The normalized spacial score (nSPS) is 23.6. The number of halogens is 3. The first-order chi connectivity index (χ1) is 10.6. The van der Waals surface area contributed by atoms with Gasteiger partial charge in [-0.1, -0.05) is 11.6 Å². The Morgan fingerprint density at radius 3 is 3.14 bits per heavy atom. The molecule has 0 spiro atoms. The van der Waals surface area contributed by atoms with Crippen LogP contribution < -0.4 is 10.6 Å². The molecule has 9 heteroatoms. The van der Waals surface area contributed by atoms with Crippen LogP contribution in [0.5, 0.6) is 0 Å². The molecule has 0 bridgehead atoms. The van der Waals surface area contributed by atoms with E-state index in [2.05, 4.69) is 15.0 Å². The Balaban J connectivity index is 1.93. The summed E-state index contributed by atoms with van der Waals surface area (Å²) in [6, 6.07) is -0.111. The first-order valence-electron chi connectivity index (χ1n) is 6.54. The molecule has 114 valence electrons. The lowest BCUT2D eigenvalue weighted by Crippen LogP contribution is -2.33. The smallest absolute Gasteiger partial charge is 0.347 e. The minimum absolute atomic E-state index is 0.0162. The lowest BCUT2D eigenvalue weighted by atomic mass is 10.2. The van der Waals surface area contributed by atoms with E-state index in [1.807, 2.05) is 4.90 Å². The molecule has 3 heterocycles. The van der Waals surface area contributed by atoms with E-state index in [9.17, 15) is 9.18 Å². The van der Waals surface area contributed by atoms with E-state index < -0.39 is 11.5 Å². The van der Waals surface area contributed by atoms with Crippen molar-refractivity contribution in [3.63, 3.8) is 0 Å². The molecule has 0 radical (unpaired) electrons. The maximum Gasteiger partial charge on any atom is 0.347 e. The third kappa shape index (κ3) is 1.96. The van der Waals surface area contributed by atoms with E-state index in [1.54, 1.807) is 6.26 Å². The van der Waals surface area contributed by atoms with Crippen molar-refractivity contribution in [2.24, 2.45) is 0 Å². The molecule has 0 aromatic carbocycles. The number of H-pyrrole nitrogens is 1. The van der Waals surface area contributed by atoms with Crippen LogP contribution in [0.15, 0.2) is 22.8 Å². The summed E-state index contributed by atoms with van der Waals surface area (Å²) in [4.78, 5) is 23.8. The Morgan fingerprint density at radius 2 is 2.32 bits per heavy atom. The van der Waals surface area contributed by atoms with Crippen molar-refractivity contribution in [3.05, 3.63) is 39.5 Å². The number of aromatic amines is 1. The molecule has 1 saturated carbocycles. The summed E-state index contributed by atoms with van der Waals surface area (Å²) in [5.41, 5.74) is 0.236. The van der Waals surface area contributed by atoms with E-state index in [-0.39, 0.29) is 22.1 Å². The third-order valence-corrected chi connectivity index (χ3v) is 4.52. The van der Waals surface area contributed by atoms with Gasteiger partial charge in [-0.25, -0.2) is 14.2 Å². The molecule has 1 aliphatic heterocycles. The summed E-state index contributed by atoms with van der Waals surface area (Å²) in [6.07, 6.45) is 3.02. The second-order valence-corrected chi connectivity index (χ2v) is 5.87. The summed E-state index contributed by atoms with van der Waals surface area (Å²) in [5.74, 6) is -0.452. The number of hydrogen-bond donors (Lipinski definition) is 1. The van der Waals surface area contributed by atoms with Gasteiger partial charge in [0.2, 0.25) is 0 Å². The molecule has 1 unspecified atom stereocenters. The molecule has 22 heavy (non-hydrogen) atoms. The SMILES string of the molecule is O=c1nc(N2CCOC=C3C(Cl)[C@H]32)c2cnc(Cl)c(F)c2[nH]1. The van der Waals surface area contributed by atoms with Crippen LogP contribution in [0, 0.1) is 5.82 Å². The van der Waals surface area contributed by atoms with Crippen molar-refractivity contribution in [2.75, 3.05) is 18.1 Å². The molecule has 0 saturated heterocycles. The predicted molar refractivity (Wildman–Crippen MR) is 79.9 cm³/mol. The summed E-state index contributed by atoms with van der Waals surface area (Å²) in [7, 11) is 0. The van der Waals surface area contributed by atoms with Crippen molar-refractivity contribution in [1.82, 2.24) is 15.0 Å². The van der Waals surface area contributed by atoms with Crippen molar-refractivity contribution >= 4 is 39.9 Å². The highest BCUT2D eigenvalue weighted by Crippen LogP contribution is 2.44. The van der Waals surface area contributed by atoms with Crippen LogP contribution in [0.4, 0.5) is 10.2 Å². The number of alkyl halides is 1. The second-order valence-electron chi connectivity index (χ2n) is 5.05. The molecule has 4 rings (SSSR count). The number of anilines is 1. The molecular formula is C13H9Cl2FN4O2. The first kappa shape index (κ1) is 13.8. The fraction of sp³-hybridized carbons (Fsp3) is 0.308. The van der Waals surface area contributed by atoms with Crippen LogP contribution in [0.3, 0.4) is 0 Å². The topological polar surface area (TPSA) is 71.1 Å². The third-order valence-electron chi connectivity index (χ3n) is 3.76. The maximum atomic E-state index is 14.1. The van der Waals surface area contributed by atoms with E-state index in [1.165, 1.54) is 6.20 Å². The zero-order valence-corrected chi connectivity index (χ0v) is 12.5. The zero-order valence-electron chi connectivity index (χ0n) is 11.0. The Bertz CT molecular complexity index is 869. The summed E-state index contributed by atoms with van der Waals surface area (Å²) < 4.78 is 19.5. The van der Waals surface area contributed by atoms with Crippen molar-refractivity contribution in [2.45, 2.75) is 11.4 Å². The van der Waals surface area contributed by atoms with Crippen LogP contribution in [0.1, 0.15) is 0 Å². The number of aromatic nitrogens is 3. The fourth-order valence-electron chi connectivity index (χ4n) is 2.66. The number of rotatable bonds is 1. The average molecular weight is 343 g/mol. The highest BCUT2D eigenvalue weighted by Gasteiger charge is 2.49. The molecule has 2 aromatic heterocycles. The average Bonchev–Trinajstić information content (AvgIpc) is 3.18. The predicted octanol–water partition coefficient (Wildman–Crippen LogP) is 1.82. The van der Waals surface area contributed by atoms with Crippen LogP contribution in [-0.2, 0) is 4.74 Å². The van der Waals surface area contributed by atoms with Gasteiger partial charge in [0.05, 0.1) is 35.1 Å². The molecule has 2 atom stereocenters. The zero-order chi connectivity index (χ0) is 15.4. The van der Waals surface area contributed by atoms with Gasteiger partial charge in [-0.15, -0.1) is 11.6 Å². The summed E-state index contributed by atoms with van der Waals surface area (Å²) in [6.45, 7) is 0.896. The van der Waals surface area contributed by atoms with Crippen molar-refractivity contribution in [3.8, 4) is 0 Å². The Hall–Kier alpha value is -1.86. The molecule has 1 fully saturated rings.